The van der Waals surface area contributed by atoms with Crippen molar-refractivity contribution in [1.29, 1.82) is 0 Å². The Morgan fingerprint density at radius 2 is 1.53 bits per heavy atom. The second-order valence-corrected chi connectivity index (χ2v) is 5.77. The van der Waals surface area contributed by atoms with Crippen molar-refractivity contribution in [2.24, 2.45) is 0 Å². The second-order valence-electron chi connectivity index (χ2n) is 5.77. The molecular weight excluding hydrogens is 394 g/mol. The number of carbonyl (C=O) groups is 2. The molecule has 0 radical (unpaired) electrons. The molecule has 9 nitrogen and oxygen atoms in total. The summed E-state index contributed by atoms with van der Waals surface area (Å²) >= 11 is 0. The van der Waals surface area contributed by atoms with Gasteiger partial charge in [0.25, 0.3) is 0 Å². The molecule has 2 aromatic rings. The SMILES string of the molecule is COc1cc(OC)c(/C=C/C(=O)Nc2ccc(OC)c(OC(=O)CO)c2)c(OC)c1. The van der Waals surface area contributed by atoms with Gasteiger partial charge < -0.3 is 34.1 Å². The van der Waals surface area contributed by atoms with E-state index in [0.717, 1.165) is 0 Å². The van der Waals surface area contributed by atoms with Gasteiger partial charge in [0.2, 0.25) is 5.91 Å². The molecule has 9 heteroatoms. The number of ether oxygens (including phenoxy) is 5. The quantitative estimate of drug-likeness (QED) is 0.363. The van der Waals surface area contributed by atoms with Crippen molar-refractivity contribution in [3.63, 3.8) is 0 Å². The maximum Gasteiger partial charge on any atom is 0.337 e. The zero-order chi connectivity index (χ0) is 22.1. The average molecular weight is 417 g/mol. The predicted molar refractivity (Wildman–Crippen MR) is 109 cm³/mol. The van der Waals surface area contributed by atoms with Gasteiger partial charge in [-0.15, -0.1) is 0 Å². The Balaban J connectivity index is 2.22. The summed E-state index contributed by atoms with van der Waals surface area (Å²) in [4.78, 5) is 23.7. The number of carbonyl (C=O) groups excluding carboxylic acids is 2. The third kappa shape index (κ3) is 5.65. The Morgan fingerprint density at radius 1 is 0.900 bits per heavy atom. The van der Waals surface area contributed by atoms with Gasteiger partial charge in [0.1, 0.15) is 23.9 Å². The van der Waals surface area contributed by atoms with E-state index in [2.05, 4.69) is 5.32 Å². The van der Waals surface area contributed by atoms with Crippen LogP contribution in [0.15, 0.2) is 36.4 Å². The first kappa shape index (κ1) is 22.6. The maximum atomic E-state index is 12.4. The molecule has 2 aromatic carbocycles. The Labute approximate surface area is 173 Å². The lowest BCUT2D eigenvalue weighted by Crippen LogP contribution is -2.13. The summed E-state index contributed by atoms with van der Waals surface area (Å²) in [5, 5.41) is 11.5. The van der Waals surface area contributed by atoms with E-state index in [1.54, 1.807) is 24.3 Å². The number of nitrogens with one attached hydrogen (secondary N) is 1. The molecule has 160 valence electrons. The van der Waals surface area contributed by atoms with Crippen LogP contribution in [-0.4, -0.2) is 52.0 Å². The molecule has 2 N–H and O–H groups in total. The van der Waals surface area contributed by atoms with Gasteiger partial charge in [-0.2, -0.15) is 0 Å². The van der Waals surface area contributed by atoms with Crippen molar-refractivity contribution >= 4 is 23.6 Å². The van der Waals surface area contributed by atoms with Crippen molar-refractivity contribution in [2.75, 3.05) is 40.4 Å². The Kier molecular flexibility index (Phi) is 8.07. The first-order valence-corrected chi connectivity index (χ1v) is 8.74. The van der Waals surface area contributed by atoms with E-state index in [4.69, 9.17) is 28.8 Å². The molecule has 0 bridgehead atoms. The fourth-order valence-electron chi connectivity index (χ4n) is 2.53. The molecule has 0 atom stereocenters. The van der Waals surface area contributed by atoms with Crippen LogP contribution in [-0.2, 0) is 9.59 Å². The Hall–Kier alpha value is -3.72. The fourth-order valence-corrected chi connectivity index (χ4v) is 2.53. The van der Waals surface area contributed by atoms with Crippen molar-refractivity contribution in [3.05, 3.63) is 42.0 Å². The van der Waals surface area contributed by atoms with Gasteiger partial charge in [0.05, 0.1) is 34.0 Å². The van der Waals surface area contributed by atoms with E-state index in [0.29, 0.717) is 28.5 Å². The topological polar surface area (TPSA) is 113 Å². The molecule has 0 saturated heterocycles. The molecular formula is C21H23NO8. The Morgan fingerprint density at radius 3 is 2.07 bits per heavy atom. The van der Waals surface area contributed by atoms with Gasteiger partial charge in [-0.25, -0.2) is 4.79 Å². The standard InChI is InChI=1S/C21H23NO8/c1-26-14-10-17(28-3)15(18(11-14)29-4)6-8-20(24)22-13-5-7-16(27-2)19(9-13)30-21(25)12-23/h5-11,23H,12H2,1-4H3,(H,22,24)/b8-6+. The summed E-state index contributed by atoms with van der Waals surface area (Å²) in [7, 11) is 5.93. The number of anilines is 1. The summed E-state index contributed by atoms with van der Waals surface area (Å²) < 4.78 is 26.0. The highest BCUT2D eigenvalue weighted by atomic mass is 16.6. The maximum absolute atomic E-state index is 12.4. The van der Waals surface area contributed by atoms with Crippen molar-refractivity contribution in [3.8, 4) is 28.7 Å². The number of hydrogen-bond acceptors (Lipinski definition) is 8. The van der Waals surface area contributed by atoms with Crippen molar-refractivity contribution < 1.29 is 38.4 Å². The van der Waals surface area contributed by atoms with Crippen LogP contribution in [0.3, 0.4) is 0 Å². The number of benzene rings is 2. The molecule has 30 heavy (non-hydrogen) atoms. The van der Waals surface area contributed by atoms with E-state index in [1.807, 2.05) is 0 Å². The van der Waals surface area contributed by atoms with Crippen LogP contribution < -0.4 is 29.0 Å². The molecule has 0 unspecified atom stereocenters. The first-order valence-electron chi connectivity index (χ1n) is 8.74. The van der Waals surface area contributed by atoms with Crippen LogP contribution in [0.1, 0.15) is 5.56 Å². The second kappa shape index (κ2) is 10.7. The minimum atomic E-state index is -0.852. The number of rotatable bonds is 9. The summed E-state index contributed by atoms with van der Waals surface area (Å²) in [6.45, 7) is -0.784. The highest BCUT2D eigenvalue weighted by Gasteiger charge is 2.13. The van der Waals surface area contributed by atoms with E-state index in [-0.39, 0.29) is 11.5 Å². The molecule has 0 fully saturated rings. The van der Waals surface area contributed by atoms with Gasteiger partial charge in [0.15, 0.2) is 11.5 Å². The molecule has 0 aromatic heterocycles. The highest BCUT2D eigenvalue weighted by molar-refractivity contribution is 6.02. The molecule has 0 aliphatic carbocycles. The predicted octanol–water partition coefficient (Wildman–Crippen LogP) is 2.27. The smallest absolute Gasteiger partial charge is 0.337 e. The molecule has 0 aliphatic rings. The van der Waals surface area contributed by atoms with Crippen LogP contribution >= 0.6 is 0 Å². The van der Waals surface area contributed by atoms with Crippen LogP contribution in [0.5, 0.6) is 28.7 Å². The van der Waals surface area contributed by atoms with Crippen molar-refractivity contribution in [1.82, 2.24) is 0 Å². The van der Waals surface area contributed by atoms with E-state index in [1.165, 1.54) is 46.6 Å². The van der Waals surface area contributed by atoms with E-state index >= 15 is 0 Å². The number of esters is 1. The zero-order valence-electron chi connectivity index (χ0n) is 17.1. The summed E-state index contributed by atoms with van der Waals surface area (Å²) in [6, 6.07) is 7.85. The first-order chi connectivity index (χ1) is 14.4. The molecule has 2 rings (SSSR count). The molecule has 1 amide bonds. The van der Waals surface area contributed by atoms with E-state index < -0.39 is 18.5 Å². The normalized spacial score (nSPS) is 10.4. The number of aliphatic hydroxyl groups is 1. The van der Waals surface area contributed by atoms with E-state index in [9.17, 15) is 9.59 Å². The number of amides is 1. The minimum absolute atomic E-state index is 0.0665. The minimum Gasteiger partial charge on any atom is -0.496 e. The summed E-state index contributed by atoms with van der Waals surface area (Å²) in [5.41, 5.74) is 0.920. The lowest BCUT2D eigenvalue weighted by Gasteiger charge is -2.12. The third-order valence-electron chi connectivity index (χ3n) is 3.94. The largest absolute Gasteiger partial charge is 0.496 e. The van der Waals surface area contributed by atoms with Gasteiger partial charge in [-0.1, -0.05) is 0 Å². The molecule has 0 aliphatic heterocycles. The third-order valence-corrected chi connectivity index (χ3v) is 3.94. The summed E-state index contributed by atoms with van der Waals surface area (Å²) in [5.74, 6) is 0.536. The van der Waals surface area contributed by atoms with Crippen LogP contribution in [0, 0.1) is 0 Å². The van der Waals surface area contributed by atoms with Crippen LogP contribution in [0.25, 0.3) is 6.08 Å². The fraction of sp³-hybridized carbons (Fsp3) is 0.238. The number of aliphatic hydroxyl groups excluding tert-OH is 1. The van der Waals surface area contributed by atoms with Gasteiger partial charge in [-0.3, -0.25) is 4.79 Å². The van der Waals surface area contributed by atoms with Crippen LogP contribution in [0.4, 0.5) is 5.69 Å². The molecule has 0 heterocycles. The van der Waals surface area contributed by atoms with Crippen LogP contribution in [0.2, 0.25) is 0 Å². The highest BCUT2D eigenvalue weighted by Crippen LogP contribution is 2.35. The van der Waals surface area contributed by atoms with Gasteiger partial charge in [-0.05, 0) is 18.2 Å². The van der Waals surface area contributed by atoms with Gasteiger partial charge >= 0.3 is 5.97 Å². The lowest BCUT2D eigenvalue weighted by molar-refractivity contribution is -0.137. The zero-order valence-corrected chi connectivity index (χ0v) is 17.1. The van der Waals surface area contributed by atoms with Gasteiger partial charge in [0, 0.05) is 30.0 Å². The monoisotopic (exact) mass is 417 g/mol. The number of methoxy groups -OCH3 is 4. The lowest BCUT2D eigenvalue weighted by atomic mass is 10.1. The molecule has 0 spiro atoms. The van der Waals surface area contributed by atoms with Crippen molar-refractivity contribution in [2.45, 2.75) is 0 Å². The number of hydrogen-bond donors (Lipinski definition) is 2. The average Bonchev–Trinajstić information content (AvgIpc) is 2.77. The molecule has 0 saturated carbocycles. The Bertz CT molecular complexity index is 914. The summed E-state index contributed by atoms with van der Waals surface area (Å²) in [6.07, 6.45) is 2.85.